The average molecular weight is 1310 g/mol. The number of phosphoric ester groups is 1. The summed E-state index contributed by atoms with van der Waals surface area (Å²) in [5.41, 5.74) is 0. The van der Waals surface area contributed by atoms with Gasteiger partial charge in [0.2, 0.25) is 0 Å². The van der Waals surface area contributed by atoms with Gasteiger partial charge < -0.3 is 18.9 Å². The number of ether oxygens (including phenoxy) is 2. The molecule has 0 rings (SSSR count). The minimum atomic E-state index is -4.39. The molecule has 9 nitrogen and oxygen atoms in total. The van der Waals surface area contributed by atoms with Gasteiger partial charge in [0.25, 0.3) is 0 Å². The van der Waals surface area contributed by atoms with Crippen molar-refractivity contribution in [3.63, 3.8) is 0 Å². The molecule has 92 heavy (non-hydrogen) atoms. The molecule has 0 aliphatic rings. The molecule has 0 radical (unpaired) electrons. The number of quaternary nitrogens is 1. The third kappa shape index (κ3) is 76.7. The molecule has 2 unspecified atom stereocenters. The zero-order chi connectivity index (χ0) is 66.9. The maximum atomic E-state index is 12.9. The van der Waals surface area contributed by atoms with Gasteiger partial charge in [0, 0.05) is 12.8 Å². The number of carbonyl (C=O) groups excluding carboxylic acids is 2. The number of hydrogen-bond acceptors (Lipinski definition) is 7. The first-order valence-electron chi connectivity index (χ1n) is 40.0. The van der Waals surface area contributed by atoms with E-state index in [1.54, 1.807) is 0 Å². The van der Waals surface area contributed by atoms with Crippen LogP contribution in [-0.4, -0.2) is 74.9 Å². The summed E-state index contributed by atoms with van der Waals surface area (Å²) in [5, 5.41) is 0. The van der Waals surface area contributed by atoms with Crippen LogP contribution < -0.4 is 0 Å². The van der Waals surface area contributed by atoms with E-state index in [1.165, 1.54) is 302 Å². The molecule has 0 heterocycles. The topological polar surface area (TPSA) is 108 Å². The van der Waals surface area contributed by atoms with Crippen molar-refractivity contribution in [1.82, 2.24) is 0 Å². The Morgan fingerprint density at radius 1 is 0.348 bits per heavy atom. The highest BCUT2D eigenvalue weighted by atomic mass is 31.2. The van der Waals surface area contributed by atoms with Gasteiger partial charge in [0.15, 0.2) is 6.10 Å². The summed E-state index contributed by atoms with van der Waals surface area (Å²) in [4.78, 5) is 36.0. The van der Waals surface area contributed by atoms with E-state index in [0.717, 1.165) is 64.2 Å². The molecule has 0 aromatic heterocycles. The van der Waals surface area contributed by atoms with Crippen molar-refractivity contribution in [1.29, 1.82) is 0 Å². The molecular formula is C82H155NO8P+. The van der Waals surface area contributed by atoms with Gasteiger partial charge in [-0.05, 0) is 57.8 Å². The standard InChI is InChI=1S/C82H154NO8P/c1-6-8-10-12-14-16-18-20-22-24-26-28-30-32-34-36-38-39-40-41-42-43-45-47-49-51-53-55-57-59-61-63-65-67-69-71-73-75-82(85)91-80(79-90-92(86,87)89-77-76-83(3,4)5)78-88-81(84)74-72-70-68-66-64-62-60-58-56-54-52-50-48-46-44-37-35-33-31-29-27-25-23-21-19-17-15-13-11-9-7-2/h8,10,14,16,20,22,26,28,32,34,80H,6-7,9,11-13,15,17-19,21,23-25,27,29-31,33,35-79H2,1-5H3/p+1/b10-8-,16-14-,22-20-,28-26-,34-32-. The van der Waals surface area contributed by atoms with Crippen LogP contribution in [-0.2, 0) is 32.7 Å². The molecule has 0 spiro atoms. The highest BCUT2D eigenvalue weighted by molar-refractivity contribution is 7.47. The van der Waals surface area contributed by atoms with Crippen LogP contribution in [0.1, 0.15) is 399 Å². The minimum Gasteiger partial charge on any atom is -0.462 e. The minimum absolute atomic E-state index is 0.0344. The molecular weight excluding hydrogens is 1160 g/mol. The van der Waals surface area contributed by atoms with Crippen LogP contribution in [0.25, 0.3) is 0 Å². The predicted molar refractivity (Wildman–Crippen MR) is 400 cm³/mol. The van der Waals surface area contributed by atoms with E-state index in [1.807, 2.05) is 21.1 Å². The van der Waals surface area contributed by atoms with Crippen LogP contribution in [0.5, 0.6) is 0 Å². The fourth-order valence-electron chi connectivity index (χ4n) is 12.0. The van der Waals surface area contributed by atoms with Crippen molar-refractivity contribution < 1.29 is 42.1 Å². The molecule has 0 aromatic carbocycles. The SMILES string of the molecule is CC/C=C\C/C=C\C/C=C\C/C=C\C/C=C\CCCCCCCCCCCCCCCCCCCCCCCC(=O)OC(COC(=O)CCCCCCCCCCCCCCCCCCCCCCCCCCCCCCCCC)COP(=O)(O)OCC[N+](C)(C)C. The lowest BCUT2D eigenvalue weighted by Crippen LogP contribution is -2.37. The smallest absolute Gasteiger partial charge is 0.462 e. The highest BCUT2D eigenvalue weighted by Crippen LogP contribution is 2.43. The largest absolute Gasteiger partial charge is 0.472 e. The Hall–Kier alpha value is -2.29. The second-order valence-corrected chi connectivity index (χ2v) is 29.9. The van der Waals surface area contributed by atoms with E-state index in [-0.39, 0.29) is 25.6 Å². The number of phosphoric acid groups is 1. The number of rotatable bonds is 75. The Bertz CT molecular complexity index is 1740. The second kappa shape index (κ2) is 73.0. The van der Waals surface area contributed by atoms with Crippen molar-refractivity contribution >= 4 is 19.8 Å². The van der Waals surface area contributed by atoms with Crippen LogP contribution in [0.4, 0.5) is 0 Å². The first-order valence-corrected chi connectivity index (χ1v) is 41.5. The fraction of sp³-hybridized carbons (Fsp3) is 0.854. The van der Waals surface area contributed by atoms with Crippen molar-refractivity contribution in [2.45, 2.75) is 405 Å². The molecule has 0 amide bonds. The lowest BCUT2D eigenvalue weighted by atomic mass is 10.0. The molecule has 0 saturated carbocycles. The normalized spacial score (nSPS) is 13.3. The Morgan fingerprint density at radius 3 is 0.924 bits per heavy atom. The van der Waals surface area contributed by atoms with Crippen LogP contribution in [0.15, 0.2) is 60.8 Å². The quantitative estimate of drug-likeness (QED) is 0.0211. The number of esters is 2. The van der Waals surface area contributed by atoms with E-state index >= 15 is 0 Å². The van der Waals surface area contributed by atoms with E-state index in [9.17, 15) is 19.0 Å². The molecule has 1 N–H and O–H groups in total. The first kappa shape index (κ1) is 89.7. The molecule has 2 atom stereocenters. The first-order chi connectivity index (χ1) is 45.0. The molecule has 0 fully saturated rings. The number of nitrogens with zero attached hydrogens (tertiary/aromatic N) is 1. The van der Waals surface area contributed by atoms with Gasteiger partial charge in [0.05, 0.1) is 27.7 Å². The highest BCUT2D eigenvalue weighted by Gasteiger charge is 2.27. The van der Waals surface area contributed by atoms with E-state index in [4.69, 9.17) is 18.5 Å². The molecule has 10 heteroatoms. The van der Waals surface area contributed by atoms with Gasteiger partial charge >= 0.3 is 19.8 Å². The lowest BCUT2D eigenvalue weighted by molar-refractivity contribution is -0.870. The summed E-state index contributed by atoms with van der Waals surface area (Å²) >= 11 is 0. The maximum Gasteiger partial charge on any atom is 0.472 e. The summed E-state index contributed by atoms with van der Waals surface area (Å²) in [5.74, 6) is -0.773. The zero-order valence-corrected chi connectivity index (χ0v) is 62.7. The van der Waals surface area contributed by atoms with E-state index in [0.29, 0.717) is 23.9 Å². The van der Waals surface area contributed by atoms with Crippen LogP contribution >= 0.6 is 7.82 Å². The number of allylic oxidation sites excluding steroid dienone is 10. The maximum absolute atomic E-state index is 12.9. The number of hydrogen-bond donors (Lipinski definition) is 1. The van der Waals surface area contributed by atoms with Crippen molar-refractivity contribution in [3.05, 3.63) is 60.8 Å². The van der Waals surface area contributed by atoms with Crippen molar-refractivity contribution in [2.75, 3.05) is 47.5 Å². The Balaban J connectivity index is 3.91. The summed E-state index contributed by atoms with van der Waals surface area (Å²) in [7, 11) is 1.50. The molecule has 0 aliphatic heterocycles. The Labute approximate surface area is 572 Å². The molecule has 0 bridgehead atoms. The van der Waals surface area contributed by atoms with Gasteiger partial charge in [-0.15, -0.1) is 0 Å². The molecule has 0 aliphatic carbocycles. The Kier molecular flexibility index (Phi) is 71.2. The number of likely N-dealkylation sites (N-methyl/N-ethyl adjacent to an activating group) is 1. The van der Waals surface area contributed by atoms with Gasteiger partial charge in [-0.3, -0.25) is 18.6 Å². The summed E-state index contributed by atoms with van der Waals surface area (Å²) in [6.07, 6.45) is 98.0. The number of carbonyl (C=O) groups is 2. The van der Waals surface area contributed by atoms with Gasteiger partial charge in [-0.1, -0.05) is 389 Å². The summed E-state index contributed by atoms with van der Waals surface area (Å²) in [6.45, 7) is 4.40. The van der Waals surface area contributed by atoms with Crippen LogP contribution in [0.2, 0.25) is 0 Å². The monoisotopic (exact) mass is 1310 g/mol. The van der Waals surface area contributed by atoms with Crippen LogP contribution in [0, 0.1) is 0 Å². The molecule has 0 aromatic rings. The van der Waals surface area contributed by atoms with Crippen molar-refractivity contribution in [2.24, 2.45) is 0 Å². The van der Waals surface area contributed by atoms with Crippen molar-refractivity contribution in [3.8, 4) is 0 Å². The lowest BCUT2D eigenvalue weighted by Gasteiger charge is -2.24. The van der Waals surface area contributed by atoms with Gasteiger partial charge in [-0.25, -0.2) is 4.57 Å². The van der Waals surface area contributed by atoms with E-state index < -0.39 is 26.5 Å². The molecule has 540 valence electrons. The van der Waals surface area contributed by atoms with Gasteiger partial charge in [0.1, 0.15) is 19.8 Å². The number of unbranched alkanes of at least 4 members (excludes halogenated alkanes) is 51. The second-order valence-electron chi connectivity index (χ2n) is 28.4. The van der Waals surface area contributed by atoms with Crippen LogP contribution in [0.3, 0.4) is 0 Å². The average Bonchev–Trinajstić information content (AvgIpc) is 2.34. The molecule has 0 saturated heterocycles. The zero-order valence-electron chi connectivity index (χ0n) is 61.8. The summed E-state index contributed by atoms with van der Waals surface area (Å²) in [6, 6.07) is 0. The van der Waals surface area contributed by atoms with Gasteiger partial charge in [-0.2, -0.15) is 0 Å². The predicted octanol–water partition coefficient (Wildman–Crippen LogP) is 26.5. The van der Waals surface area contributed by atoms with E-state index in [2.05, 4.69) is 74.6 Å². The third-order valence-electron chi connectivity index (χ3n) is 18.1. The third-order valence-corrected chi connectivity index (χ3v) is 19.0. The Morgan fingerprint density at radius 2 is 0.620 bits per heavy atom. The fourth-order valence-corrected chi connectivity index (χ4v) is 12.7. The summed E-state index contributed by atoms with van der Waals surface area (Å²) < 4.78 is 34.8.